The van der Waals surface area contributed by atoms with E-state index < -0.39 is 0 Å². The van der Waals surface area contributed by atoms with Crippen molar-refractivity contribution in [2.75, 3.05) is 7.11 Å². The lowest BCUT2D eigenvalue weighted by Gasteiger charge is -2.06. The number of ether oxygens (including phenoxy) is 1. The molecule has 0 N–H and O–H groups in total. The average Bonchev–Trinajstić information content (AvgIpc) is 2.73. The van der Waals surface area contributed by atoms with E-state index >= 15 is 0 Å². The molecule has 0 saturated carbocycles. The maximum Gasteiger partial charge on any atom is 0.305 e. The normalized spacial score (nSPS) is 10.7. The zero-order valence-corrected chi connectivity index (χ0v) is 14.1. The second kappa shape index (κ2) is 6.89. The fraction of sp³-hybridized carbons (Fsp3) is 0.375. The van der Waals surface area contributed by atoms with Gasteiger partial charge in [-0.2, -0.15) is 5.10 Å². The van der Waals surface area contributed by atoms with Crippen molar-refractivity contribution in [2.24, 2.45) is 0 Å². The zero-order valence-electron chi connectivity index (χ0n) is 12.5. The summed E-state index contributed by atoms with van der Waals surface area (Å²) in [5.41, 5.74) is 4.42. The molecule has 21 heavy (non-hydrogen) atoms. The minimum absolute atomic E-state index is 0.186. The van der Waals surface area contributed by atoms with Crippen molar-refractivity contribution < 1.29 is 9.53 Å². The molecule has 0 spiro atoms. The van der Waals surface area contributed by atoms with Crippen LogP contribution in [0.4, 0.5) is 0 Å². The van der Waals surface area contributed by atoms with Crippen LogP contribution in [0.2, 0.25) is 0 Å². The first-order chi connectivity index (χ1) is 10.0. The first-order valence-electron chi connectivity index (χ1n) is 6.85. The van der Waals surface area contributed by atoms with Gasteiger partial charge in [0.25, 0.3) is 0 Å². The van der Waals surface area contributed by atoms with E-state index in [9.17, 15) is 4.79 Å². The molecule has 0 aliphatic carbocycles. The zero-order chi connectivity index (χ0) is 15.4. The summed E-state index contributed by atoms with van der Waals surface area (Å²) in [6.45, 7) is 4.77. The van der Waals surface area contributed by atoms with Crippen LogP contribution in [-0.2, 0) is 22.5 Å². The van der Waals surface area contributed by atoms with Gasteiger partial charge in [0.1, 0.15) is 0 Å². The van der Waals surface area contributed by atoms with E-state index in [-0.39, 0.29) is 5.97 Å². The number of carbonyl (C=O) groups is 1. The van der Waals surface area contributed by atoms with E-state index in [1.165, 1.54) is 12.7 Å². The number of benzene rings is 1. The van der Waals surface area contributed by atoms with Gasteiger partial charge in [-0.3, -0.25) is 9.48 Å². The Labute approximate surface area is 133 Å². The Hall–Kier alpha value is -1.62. The van der Waals surface area contributed by atoms with Crippen LogP contribution in [-0.4, -0.2) is 22.9 Å². The first kappa shape index (κ1) is 15.8. The highest BCUT2D eigenvalue weighted by Gasteiger charge is 2.13. The molecular formula is C16H19BrN2O2. The van der Waals surface area contributed by atoms with E-state index in [4.69, 9.17) is 4.74 Å². The minimum Gasteiger partial charge on any atom is -0.469 e. The third-order valence-corrected chi connectivity index (χ3v) is 4.11. The summed E-state index contributed by atoms with van der Waals surface area (Å²) in [4.78, 5) is 11.3. The number of hydrogen-bond acceptors (Lipinski definition) is 3. The average molecular weight is 351 g/mol. The molecule has 0 atom stereocenters. The maximum absolute atomic E-state index is 11.3. The van der Waals surface area contributed by atoms with Gasteiger partial charge in [-0.25, -0.2) is 0 Å². The predicted molar refractivity (Wildman–Crippen MR) is 85.3 cm³/mol. The van der Waals surface area contributed by atoms with Crippen LogP contribution >= 0.6 is 15.9 Å². The fourth-order valence-electron chi connectivity index (χ4n) is 2.34. The number of esters is 1. The summed E-state index contributed by atoms with van der Waals surface area (Å²) in [7, 11) is 1.42. The predicted octanol–water partition coefficient (Wildman–Crippen LogP) is 3.42. The fourth-order valence-corrected chi connectivity index (χ4v) is 2.61. The summed E-state index contributed by atoms with van der Waals surface area (Å²) in [6, 6.07) is 8.21. The number of nitrogens with zero attached hydrogens (tertiary/aromatic N) is 2. The van der Waals surface area contributed by atoms with Gasteiger partial charge in [0, 0.05) is 16.6 Å². The summed E-state index contributed by atoms with van der Waals surface area (Å²) < 4.78 is 7.75. The van der Waals surface area contributed by atoms with Crippen LogP contribution < -0.4 is 0 Å². The number of rotatable bonds is 5. The van der Waals surface area contributed by atoms with Gasteiger partial charge in [-0.15, -0.1) is 0 Å². The number of carbonyl (C=O) groups excluding carboxylic acids is 1. The molecule has 2 aromatic rings. The van der Waals surface area contributed by atoms with Crippen molar-refractivity contribution in [3.63, 3.8) is 0 Å². The Morgan fingerprint density at radius 2 is 1.95 bits per heavy atom. The molecule has 0 aliphatic rings. The Balaban J connectivity index is 2.14. The van der Waals surface area contributed by atoms with Gasteiger partial charge in [0.15, 0.2) is 0 Å². The van der Waals surface area contributed by atoms with Crippen LogP contribution in [0.5, 0.6) is 0 Å². The van der Waals surface area contributed by atoms with Gasteiger partial charge in [-0.1, -0.05) is 28.1 Å². The van der Waals surface area contributed by atoms with Crippen molar-refractivity contribution in [1.82, 2.24) is 9.78 Å². The molecule has 1 aromatic carbocycles. The highest BCUT2D eigenvalue weighted by Crippen LogP contribution is 2.18. The molecule has 0 bridgehead atoms. The Morgan fingerprint density at radius 1 is 1.29 bits per heavy atom. The van der Waals surface area contributed by atoms with Crippen molar-refractivity contribution in [3.05, 3.63) is 51.3 Å². The largest absolute Gasteiger partial charge is 0.469 e. The number of aryl methyl sites for hydroxylation is 1. The number of halogens is 1. The standard InChI is InChI=1S/C16H19BrN2O2/c1-11-15(8-9-16(20)21-3)12(2)19(18-11)10-13-4-6-14(17)7-5-13/h4-7H,8-10H2,1-3H3. The Kier molecular flexibility index (Phi) is 5.17. The molecule has 1 aromatic heterocycles. The van der Waals surface area contributed by atoms with Gasteiger partial charge in [0.05, 0.1) is 19.3 Å². The number of aromatic nitrogens is 2. The molecule has 0 fully saturated rings. The smallest absolute Gasteiger partial charge is 0.305 e. The Bertz CT molecular complexity index is 632. The van der Waals surface area contributed by atoms with Crippen LogP contribution in [0.3, 0.4) is 0 Å². The highest BCUT2D eigenvalue weighted by molar-refractivity contribution is 9.10. The molecule has 5 heteroatoms. The molecular weight excluding hydrogens is 332 g/mol. The topological polar surface area (TPSA) is 44.1 Å². The highest BCUT2D eigenvalue weighted by atomic mass is 79.9. The third-order valence-electron chi connectivity index (χ3n) is 3.58. The van der Waals surface area contributed by atoms with Crippen molar-refractivity contribution >= 4 is 21.9 Å². The lowest BCUT2D eigenvalue weighted by Crippen LogP contribution is -2.05. The Morgan fingerprint density at radius 3 is 2.57 bits per heavy atom. The lowest BCUT2D eigenvalue weighted by molar-refractivity contribution is -0.140. The monoisotopic (exact) mass is 350 g/mol. The molecule has 4 nitrogen and oxygen atoms in total. The van der Waals surface area contributed by atoms with E-state index in [1.54, 1.807) is 0 Å². The molecule has 0 saturated heterocycles. The van der Waals surface area contributed by atoms with E-state index in [0.717, 1.165) is 28.0 Å². The van der Waals surface area contributed by atoms with Crippen LogP contribution in [0.1, 0.15) is 28.9 Å². The molecule has 0 aliphatic heterocycles. The maximum atomic E-state index is 11.3. The second-order valence-corrected chi connectivity index (χ2v) is 5.93. The third kappa shape index (κ3) is 3.94. The van der Waals surface area contributed by atoms with Crippen LogP contribution in [0.15, 0.2) is 28.7 Å². The quantitative estimate of drug-likeness (QED) is 0.776. The number of hydrogen-bond donors (Lipinski definition) is 0. The van der Waals surface area contributed by atoms with Gasteiger partial charge >= 0.3 is 5.97 Å². The van der Waals surface area contributed by atoms with Crippen molar-refractivity contribution in [2.45, 2.75) is 33.2 Å². The minimum atomic E-state index is -0.186. The molecule has 0 radical (unpaired) electrons. The second-order valence-electron chi connectivity index (χ2n) is 5.01. The molecule has 0 amide bonds. The molecule has 0 unspecified atom stereocenters. The summed E-state index contributed by atoms with van der Waals surface area (Å²) in [5.74, 6) is -0.186. The number of methoxy groups -OCH3 is 1. The van der Waals surface area contributed by atoms with Gasteiger partial charge in [0.2, 0.25) is 0 Å². The van der Waals surface area contributed by atoms with Crippen molar-refractivity contribution in [1.29, 1.82) is 0 Å². The van der Waals surface area contributed by atoms with Gasteiger partial charge in [-0.05, 0) is 43.5 Å². The van der Waals surface area contributed by atoms with Crippen LogP contribution in [0.25, 0.3) is 0 Å². The lowest BCUT2D eigenvalue weighted by atomic mass is 10.1. The summed E-state index contributed by atoms with van der Waals surface area (Å²) in [5, 5.41) is 4.58. The summed E-state index contributed by atoms with van der Waals surface area (Å²) in [6.07, 6.45) is 1.06. The van der Waals surface area contributed by atoms with E-state index in [0.29, 0.717) is 12.8 Å². The molecule has 2 rings (SSSR count). The van der Waals surface area contributed by atoms with Crippen molar-refractivity contribution in [3.8, 4) is 0 Å². The molecule has 1 heterocycles. The molecule has 112 valence electrons. The summed E-state index contributed by atoms with van der Waals surface area (Å²) >= 11 is 3.44. The van der Waals surface area contributed by atoms with E-state index in [1.807, 2.05) is 30.7 Å². The van der Waals surface area contributed by atoms with Gasteiger partial charge < -0.3 is 4.74 Å². The SMILES string of the molecule is COC(=O)CCc1c(C)nn(Cc2ccc(Br)cc2)c1C. The first-order valence-corrected chi connectivity index (χ1v) is 7.64. The van der Waals surface area contributed by atoms with E-state index in [2.05, 4.69) is 33.2 Å². The van der Waals surface area contributed by atoms with Crippen LogP contribution in [0, 0.1) is 13.8 Å².